The standard InChI is InChI=1S/C19H27NO/c1-5-20(6-2)19-14-10-13-16(19)17(3,18(19,4)21)15-11-8-7-9-12-15/h7-13,16,21H,5-6,14H2,1-4H3/t16-,17+,18-,19+/m0/s1. The van der Waals surface area contributed by atoms with Crippen LogP contribution in [0.3, 0.4) is 0 Å². The average Bonchev–Trinajstić information content (AvgIpc) is 2.93. The summed E-state index contributed by atoms with van der Waals surface area (Å²) >= 11 is 0. The van der Waals surface area contributed by atoms with Crippen LogP contribution in [0.1, 0.15) is 39.7 Å². The Morgan fingerprint density at radius 1 is 1.14 bits per heavy atom. The van der Waals surface area contributed by atoms with Crippen molar-refractivity contribution in [3.05, 3.63) is 48.0 Å². The molecule has 21 heavy (non-hydrogen) atoms. The zero-order chi connectivity index (χ0) is 15.3. The van der Waals surface area contributed by atoms with Crippen molar-refractivity contribution in [3.63, 3.8) is 0 Å². The molecule has 1 saturated carbocycles. The lowest BCUT2D eigenvalue weighted by Gasteiger charge is -2.72. The first-order valence-corrected chi connectivity index (χ1v) is 8.16. The molecular formula is C19H27NO. The van der Waals surface area contributed by atoms with Gasteiger partial charge in [-0.2, -0.15) is 0 Å². The van der Waals surface area contributed by atoms with Gasteiger partial charge in [0.05, 0.1) is 11.1 Å². The molecule has 1 fully saturated rings. The fourth-order valence-corrected chi connectivity index (χ4v) is 5.18. The highest BCUT2D eigenvalue weighted by Crippen LogP contribution is 2.68. The predicted molar refractivity (Wildman–Crippen MR) is 87.3 cm³/mol. The van der Waals surface area contributed by atoms with E-state index in [0.29, 0.717) is 5.92 Å². The van der Waals surface area contributed by atoms with E-state index in [1.807, 2.05) is 13.0 Å². The van der Waals surface area contributed by atoms with E-state index in [4.69, 9.17) is 0 Å². The number of hydrogen-bond donors (Lipinski definition) is 1. The predicted octanol–water partition coefficient (Wildman–Crippen LogP) is 3.37. The van der Waals surface area contributed by atoms with Crippen molar-refractivity contribution in [1.82, 2.24) is 4.90 Å². The minimum atomic E-state index is -0.735. The summed E-state index contributed by atoms with van der Waals surface area (Å²) in [6.07, 6.45) is 5.56. The molecule has 0 amide bonds. The van der Waals surface area contributed by atoms with Gasteiger partial charge in [-0.05, 0) is 32.0 Å². The Bertz CT molecular complexity index is 546. The van der Waals surface area contributed by atoms with Gasteiger partial charge in [0, 0.05) is 11.3 Å². The smallest absolute Gasteiger partial charge is 0.0911 e. The topological polar surface area (TPSA) is 23.5 Å². The molecule has 0 aliphatic heterocycles. The molecule has 2 nitrogen and oxygen atoms in total. The zero-order valence-corrected chi connectivity index (χ0v) is 13.6. The van der Waals surface area contributed by atoms with Crippen LogP contribution in [0.25, 0.3) is 0 Å². The van der Waals surface area contributed by atoms with Crippen molar-refractivity contribution in [3.8, 4) is 0 Å². The summed E-state index contributed by atoms with van der Waals surface area (Å²) < 4.78 is 0. The van der Waals surface area contributed by atoms with Gasteiger partial charge in [-0.25, -0.2) is 0 Å². The molecule has 4 atom stereocenters. The van der Waals surface area contributed by atoms with E-state index in [-0.39, 0.29) is 11.0 Å². The molecule has 2 aliphatic rings. The van der Waals surface area contributed by atoms with Gasteiger partial charge in [0.2, 0.25) is 0 Å². The molecule has 0 radical (unpaired) electrons. The quantitative estimate of drug-likeness (QED) is 0.857. The number of benzene rings is 1. The zero-order valence-electron chi connectivity index (χ0n) is 13.6. The van der Waals surface area contributed by atoms with E-state index < -0.39 is 5.60 Å². The third kappa shape index (κ3) is 1.50. The van der Waals surface area contributed by atoms with Gasteiger partial charge in [0.15, 0.2) is 0 Å². The van der Waals surface area contributed by atoms with Crippen molar-refractivity contribution < 1.29 is 5.11 Å². The van der Waals surface area contributed by atoms with Crippen LogP contribution >= 0.6 is 0 Å². The molecule has 0 heterocycles. The highest BCUT2D eigenvalue weighted by molar-refractivity contribution is 5.48. The molecule has 2 heteroatoms. The van der Waals surface area contributed by atoms with Gasteiger partial charge in [0.1, 0.15) is 0 Å². The van der Waals surface area contributed by atoms with Gasteiger partial charge in [-0.3, -0.25) is 4.90 Å². The summed E-state index contributed by atoms with van der Waals surface area (Å²) in [4.78, 5) is 2.46. The minimum Gasteiger partial charge on any atom is -0.387 e. The molecule has 0 aromatic heterocycles. The lowest BCUT2D eigenvalue weighted by atomic mass is 9.39. The number of rotatable bonds is 4. The second kappa shape index (κ2) is 4.69. The van der Waals surface area contributed by atoms with Crippen LogP contribution in [0.5, 0.6) is 0 Å². The normalized spacial score (nSPS) is 41.1. The first-order valence-electron chi connectivity index (χ1n) is 8.16. The molecule has 0 bridgehead atoms. The van der Waals surface area contributed by atoms with Gasteiger partial charge in [0.25, 0.3) is 0 Å². The molecule has 0 spiro atoms. The van der Waals surface area contributed by atoms with Crippen molar-refractivity contribution in [2.24, 2.45) is 5.92 Å². The molecular weight excluding hydrogens is 258 g/mol. The van der Waals surface area contributed by atoms with Gasteiger partial charge < -0.3 is 5.11 Å². The van der Waals surface area contributed by atoms with Gasteiger partial charge >= 0.3 is 0 Å². The average molecular weight is 285 g/mol. The lowest BCUT2D eigenvalue weighted by Crippen LogP contribution is -2.84. The van der Waals surface area contributed by atoms with E-state index in [1.165, 1.54) is 5.56 Å². The molecule has 3 rings (SSSR count). The first kappa shape index (κ1) is 14.8. The third-order valence-corrected chi connectivity index (χ3v) is 6.45. The summed E-state index contributed by atoms with van der Waals surface area (Å²) in [6, 6.07) is 10.5. The molecule has 2 aliphatic carbocycles. The Balaban J connectivity index is 2.10. The molecule has 0 saturated heterocycles. The summed E-state index contributed by atoms with van der Waals surface area (Å²) in [5.41, 5.74) is 0.154. The van der Waals surface area contributed by atoms with Crippen molar-refractivity contribution in [2.75, 3.05) is 13.1 Å². The Kier molecular flexibility index (Phi) is 3.30. The number of aliphatic hydroxyl groups is 1. The van der Waals surface area contributed by atoms with Crippen LogP contribution in [-0.2, 0) is 5.41 Å². The maximum atomic E-state index is 11.6. The second-order valence-corrected chi connectivity index (χ2v) is 6.85. The van der Waals surface area contributed by atoms with E-state index in [1.54, 1.807) is 0 Å². The SMILES string of the molecule is CCN(CC)[C@]12CC=C[C@H]1[C@@](C)(c1ccccc1)[C@]2(C)O. The maximum absolute atomic E-state index is 11.6. The Morgan fingerprint density at radius 3 is 2.33 bits per heavy atom. The van der Waals surface area contributed by atoms with Crippen molar-refractivity contribution in [1.29, 1.82) is 0 Å². The number of nitrogens with zero attached hydrogens (tertiary/aromatic N) is 1. The highest BCUT2D eigenvalue weighted by Gasteiger charge is 2.77. The van der Waals surface area contributed by atoms with Crippen LogP contribution in [0, 0.1) is 5.92 Å². The third-order valence-electron chi connectivity index (χ3n) is 6.45. The fraction of sp³-hybridized carbons (Fsp3) is 0.579. The Hall–Kier alpha value is -1.12. The van der Waals surface area contributed by atoms with E-state index >= 15 is 0 Å². The summed E-state index contributed by atoms with van der Waals surface area (Å²) in [5.74, 6) is 0.377. The molecule has 1 aromatic rings. The highest BCUT2D eigenvalue weighted by atomic mass is 16.3. The second-order valence-electron chi connectivity index (χ2n) is 6.85. The number of likely N-dealkylation sites (N-methyl/N-ethyl adjacent to an activating group) is 1. The number of hydrogen-bond acceptors (Lipinski definition) is 2. The Labute approximate surface area is 128 Å². The van der Waals surface area contributed by atoms with Crippen molar-refractivity contribution in [2.45, 2.75) is 50.7 Å². The summed E-state index contributed by atoms with van der Waals surface area (Å²) in [6.45, 7) is 10.6. The molecule has 1 N–H and O–H groups in total. The van der Waals surface area contributed by atoms with Gasteiger partial charge in [-0.15, -0.1) is 0 Å². The minimum absolute atomic E-state index is 0.138. The largest absolute Gasteiger partial charge is 0.387 e. The molecule has 1 aromatic carbocycles. The van der Waals surface area contributed by atoms with E-state index in [2.05, 4.69) is 62.1 Å². The van der Waals surface area contributed by atoms with Gasteiger partial charge in [-0.1, -0.05) is 63.3 Å². The van der Waals surface area contributed by atoms with Crippen LogP contribution in [0.2, 0.25) is 0 Å². The van der Waals surface area contributed by atoms with Crippen LogP contribution in [0.15, 0.2) is 42.5 Å². The van der Waals surface area contributed by atoms with Crippen LogP contribution in [-0.4, -0.2) is 34.2 Å². The molecule has 114 valence electrons. The summed E-state index contributed by atoms with van der Waals surface area (Å²) in [7, 11) is 0. The first-order chi connectivity index (χ1) is 9.96. The fourth-order valence-electron chi connectivity index (χ4n) is 5.18. The maximum Gasteiger partial charge on any atom is 0.0911 e. The number of fused-ring (bicyclic) bond motifs is 1. The van der Waals surface area contributed by atoms with Crippen molar-refractivity contribution >= 4 is 0 Å². The van der Waals surface area contributed by atoms with E-state index in [0.717, 1.165) is 19.5 Å². The van der Waals surface area contributed by atoms with Crippen LogP contribution < -0.4 is 0 Å². The van der Waals surface area contributed by atoms with Crippen LogP contribution in [0.4, 0.5) is 0 Å². The monoisotopic (exact) mass is 285 g/mol. The summed E-state index contributed by atoms with van der Waals surface area (Å²) in [5, 5.41) is 11.6. The molecule has 0 unspecified atom stereocenters. The Morgan fingerprint density at radius 2 is 1.76 bits per heavy atom. The lowest BCUT2D eigenvalue weighted by molar-refractivity contribution is -0.253. The van der Waals surface area contributed by atoms with E-state index in [9.17, 15) is 5.11 Å².